The Hall–Kier alpha value is -1.43. The van der Waals surface area contributed by atoms with Gasteiger partial charge in [0.15, 0.2) is 5.82 Å². The quantitative estimate of drug-likeness (QED) is 0.923. The zero-order chi connectivity index (χ0) is 13.4. The zero-order valence-corrected chi connectivity index (χ0v) is 12.4. The van der Waals surface area contributed by atoms with Gasteiger partial charge in [0.05, 0.1) is 12.6 Å². The summed E-state index contributed by atoms with van der Waals surface area (Å²) >= 11 is 0. The molecule has 0 saturated carbocycles. The van der Waals surface area contributed by atoms with Crippen molar-refractivity contribution < 1.29 is 9.26 Å². The van der Waals surface area contributed by atoms with Crippen molar-refractivity contribution in [2.24, 2.45) is 0 Å². The maximum atomic E-state index is 5.45. The van der Waals surface area contributed by atoms with Gasteiger partial charge in [0, 0.05) is 19.1 Å². The minimum atomic E-state index is 0. The molecule has 2 atom stereocenters. The van der Waals surface area contributed by atoms with Gasteiger partial charge in [-0.2, -0.15) is 4.98 Å². The second-order valence-corrected chi connectivity index (χ2v) is 5.46. The average molecular weight is 308 g/mol. The van der Waals surface area contributed by atoms with Gasteiger partial charge in [0.25, 0.3) is 0 Å². The number of ether oxygens (including phenoxy) is 1. The lowest BCUT2D eigenvalue weighted by atomic mass is 9.96. The minimum absolute atomic E-state index is 0. The Bertz CT molecular complexity index is 610. The Labute approximate surface area is 129 Å². The molecular weight excluding hydrogens is 290 g/mol. The molecule has 6 heteroatoms. The van der Waals surface area contributed by atoms with Crippen LogP contribution < -0.4 is 5.32 Å². The number of hydrogen-bond acceptors (Lipinski definition) is 5. The normalized spacial score (nSPS) is 24.4. The molecule has 0 aliphatic carbocycles. The molecule has 1 unspecified atom stereocenters. The minimum Gasteiger partial charge on any atom is -0.381 e. The van der Waals surface area contributed by atoms with Crippen molar-refractivity contribution in [1.82, 2.24) is 15.5 Å². The van der Waals surface area contributed by atoms with Crippen LogP contribution in [0.25, 0.3) is 0 Å². The van der Waals surface area contributed by atoms with Crippen LogP contribution in [0.5, 0.6) is 0 Å². The van der Waals surface area contributed by atoms with Gasteiger partial charge in [0.1, 0.15) is 0 Å². The van der Waals surface area contributed by atoms with Crippen molar-refractivity contribution in [2.75, 3.05) is 13.2 Å². The summed E-state index contributed by atoms with van der Waals surface area (Å²) in [4.78, 5) is 4.57. The number of hydrogen-bond donors (Lipinski definition) is 1. The number of fused-ring (bicyclic) bond motifs is 1. The van der Waals surface area contributed by atoms with Crippen LogP contribution in [-0.2, 0) is 17.7 Å². The highest BCUT2D eigenvalue weighted by Gasteiger charge is 2.27. The van der Waals surface area contributed by atoms with Crippen molar-refractivity contribution in [1.29, 1.82) is 0 Å². The molecule has 0 bridgehead atoms. The van der Waals surface area contributed by atoms with Gasteiger partial charge >= 0.3 is 0 Å². The number of aromatic nitrogens is 2. The lowest BCUT2D eigenvalue weighted by molar-refractivity contribution is 0.192. The largest absolute Gasteiger partial charge is 0.381 e. The number of halogens is 1. The zero-order valence-electron chi connectivity index (χ0n) is 11.6. The molecule has 4 rings (SSSR count). The maximum absolute atomic E-state index is 5.45. The van der Waals surface area contributed by atoms with E-state index in [1.54, 1.807) is 0 Å². The highest BCUT2D eigenvalue weighted by Crippen LogP contribution is 2.27. The average Bonchev–Trinajstić information content (AvgIpc) is 3.17. The third-order valence-electron chi connectivity index (χ3n) is 4.13. The van der Waals surface area contributed by atoms with Gasteiger partial charge in [-0.25, -0.2) is 0 Å². The standard InChI is InChI=1S/C15H17N3O2.ClH/c1-2-4-11-8-16-13(7-10(11)3-1)15-17-14(18-20-15)12-5-6-19-9-12;/h1-4,12-13,16H,5-9H2;1H/t12?,13-;/m1./s1. The first-order valence-electron chi connectivity index (χ1n) is 7.11. The molecule has 2 aromatic rings. The topological polar surface area (TPSA) is 60.2 Å². The van der Waals surface area contributed by atoms with Crippen molar-refractivity contribution in [2.45, 2.75) is 31.3 Å². The van der Waals surface area contributed by atoms with Crippen molar-refractivity contribution in [3.05, 3.63) is 47.1 Å². The van der Waals surface area contributed by atoms with Crippen LogP contribution in [0.4, 0.5) is 0 Å². The predicted octanol–water partition coefficient (Wildman–Crippen LogP) is 2.38. The van der Waals surface area contributed by atoms with E-state index < -0.39 is 0 Å². The summed E-state index contributed by atoms with van der Waals surface area (Å²) in [5.74, 6) is 1.78. The van der Waals surface area contributed by atoms with Crippen LogP contribution in [0.2, 0.25) is 0 Å². The Kier molecular flexibility index (Phi) is 4.24. The Morgan fingerprint density at radius 2 is 2.05 bits per heavy atom. The SMILES string of the molecule is Cl.c1ccc2c(c1)CN[C@@H](c1nc(C3CCOC3)no1)C2. The monoisotopic (exact) mass is 307 g/mol. The Morgan fingerprint density at radius 1 is 1.19 bits per heavy atom. The van der Waals surface area contributed by atoms with Crippen molar-refractivity contribution in [3.8, 4) is 0 Å². The number of nitrogens with zero attached hydrogens (tertiary/aromatic N) is 2. The van der Waals surface area contributed by atoms with Crippen LogP contribution in [0, 0.1) is 0 Å². The summed E-state index contributed by atoms with van der Waals surface area (Å²) in [6.07, 6.45) is 1.89. The van der Waals surface area contributed by atoms with Crippen molar-refractivity contribution >= 4 is 12.4 Å². The molecule has 0 amide bonds. The molecule has 112 valence electrons. The molecule has 1 fully saturated rings. The van der Waals surface area contributed by atoms with E-state index >= 15 is 0 Å². The third-order valence-corrected chi connectivity index (χ3v) is 4.13. The third kappa shape index (κ3) is 2.81. The lowest BCUT2D eigenvalue weighted by Gasteiger charge is -2.23. The number of benzene rings is 1. The van der Waals surface area contributed by atoms with Gasteiger partial charge in [-0.15, -0.1) is 12.4 Å². The smallest absolute Gasteiger partial charge is 0.244 e. The molecule has 1 saturated heterocycles. The summed E-state index contributed by atoms with van der Waals surface area (Å²) < 4.78 is 10.8. The Morgan fingerprint density at radius 3 is 2.86 bits per heavy atom. The van der Waals surface area contributed by atoms with Gasteiger partial charge in [-0.05, 0) is 24.0 Å². The van der Waals surface area contributed by atoms with E-state index in [2.05, 4.69) is 39.7 Å². The summed E-state index contributed by atoms with van der Waals surface area (Å²) in [6.45, 7) is 2.36. The molecule has 0 spiro atoms. The summed E-state index contributed by atoms with van der Waals surface area (Å²) in [7, 11) is 0. The van der Waals surface area contributed by atoms with Crippen LogP contribution in [-0.4, -0.2) is 23.4 Å². The maximum Gasteiger partial charge on any atom is 0.244 e. The fourth-order valence-electron chi connectivity index (χ4n) is 2.92. The fourth-order valence-corrected chi connectivity index (χ4v) is 2.92. The van der Waals surface area contributed by atoms with Gasteiger partial charge in [0.2, 0.25) is 5.89 Å². The predicted molar refractivity (Wildman–Crippen MR) is 79.4 cm³/mol. The summed E-state index contributed by atoms with van der Waals surface area (Å²) in [5.41, 5.74) is 2.72. The van der Waals surface area contributed by atoms with E-state index in [4.69, 9.17) is 9.26 Å². The fraction of sp³-hybridized carbons (Fsp3) is 0.467. The highest BCUT2D eigenvalue weighted by atomic mass is 35.5. The molecule has 0 radical (unpaired) electrons. The summed E-state index contributed by atoms with van der Waals surface area (Å²) in [6, 6.07) is 8.61. The molecule has 1 N–H and O–H groups in total. The van der Waals surface area contributed by atoms with E-state index in [9.17, 15) is 0 Å². The van der Waals surface area contributed by atoms with Gasteiger partial charge < -0.3 is 14.6 Å². The molecule has 5 nitrogen and oxygen atoms in total. The molecule has 2 aliphatic heterocycles. The van der Waals surface area contributed by atoms with E-state index in [1.807, 2.05) is 0 Å². The Balaban J connectivity index is 0.00000132. The molecule has 1 aromatic carbocycles. The molecule has 3 heterocycles. The van der Waals surface area contributed by atoms with E-state index in [0.29, 0.717) is 18.4 Å². The molecule has 1 aromatic heterocycles. The molecule has 2 aliphatic rings. The van der Waals surface area contributed by atoms with Gasteiger partial charge in [-0.3, -0.25) is 0 Å². The molecular formula is C15H18ClN3O2. The van der Waals surface area contributed by atoms with E-state index in [-0.39, 0.29) is 18.4 Å². The number of nitrogens with one attached hydrogen (secondary N) is 1. The number of rotatable bonds is 2. The second-order valence-electron chi connectivity index (χ2n) is 5.46. The van der Waals surface area contributed by atoms with E-state index in [1.165, 1.54) is 11.1 Å². The first-order chi connectivity index (χ1) is 9.90. The summed E-state index contributed by atoms with van der Waals surface area (Å²) in [5, 5.41) is 7.59. The first kappa shape index (κ1) is 14.5. The second kappa shape index (κ2) is 6.13. The first-order valence-corrected chi connectivity index (χ1v) is 7.11. The lowest BCUT2D eigenvalue weighted by Crippen LogP contribution is -2.28. The van der Waals surface area contributed by atoms with E-state index in [0.717, 1.165) is 31.8 Å². The van der Waals surface area contributed by atoms with Crippen LogP contribution in [0.3, 0.4) is 0 Å². The van der Waals surface area contributed by atoms with Crippen LogP contribution in [0.1, 0.15) is 41.2 Å². The highest BCUT2D eigenvalue weighted by molar-refractivity contribution is 5.85. The van der Waals surface area contributed by atoms with Crippen molar-refractivity contribution in [3.63, 3.8) is 0 Å². The van der Waals surface area contributed by atoms with Crippen LogP contribution in [0.15, 0.2) is 28.8 Å². The molecule has 21 heavy (non-hydrogen) atoms. The van der Waals surface area contributed by atoms with Crippen LogP contribution >= 0.6 is 12.4 Å². The van der Waals surface area contributed by atoms with Gasteiger partial charge in [-0.1, -0.05) is 29.4 Å².